The predicted octanol–water partition coefficient (Wildman–Crippen LogP) is 5.76. The minimum atomic E-state index is -0.253. The number of hydrogen-bond acceptors (Lipinski definition) is 3. The summed E-state index contributed by atoms with van der Waals surface area (Å²) >= 11 is 12.2. The van der Waals surface area contributed by atoms with Crippen LogP contribution in [0.3, 0.4) is 0 Å². The van der Waals surface area contributed by atoms with E-state index in [1.807, 2.05) is 36.4 Å². The molecule has 1 aromatic heterocycles. The molecule has 28 heavy (non-hydrogen) atoms. The largest absolute Gasteiger partial charge is 0.366 e. The fourth-order valence-electron chi connectivity index (χ4n) is 3.57. The zero-order chi connectivity index (χ0) is 19.7. The van der Waals surface area contributed by atoms with Crippen LogP contribution in [0.25, 0.3) is 0 Å². The first-order chi connectivity index (χ1) is 13.5. The van der Waals surface area contributed by atoms with Gasteiger partial charge in [-0.25, -0.2) is 0 Å². The summed E-state index contributed by atoms with van der Waals surface area (Å²) in [6.07, 6.45) is 2.91. The zero-order valence-electron chi connectivity index (χ0n) is 15.3. The van der Waals surface area contributed by atoms with Gasteiger partial charge >= 0.3 is 0 Å². The summed E-state index contributed by atoms with van der Waals surface area (Å²) < 4.78 is 0. The Balaban J connectivity index is 1.60. The fourth-order valence-corrected chi connectivity index (χ4v) is 4.03. The van der Waals surface area contributed by atoms with Gasteiger partial charge in [-0.1, -0.05) is 66.5 Å². The zero-order valence-corrected chi connectivity index (χ0v) is 16.8. The average molecular weight is 412 g/mol. The van der Waals surface area contributed by atoms with Gasteiger partial charge in [-0.15, -0.1) is 0 Å². The van der Waals surface area contributed by atoms with Crippen molar-refractivity contribution in [3.05, 3.63) is 87.7 Å². The molecule has 1 amide bonds. The first-order valence-electron chi connectivity index (χ1n) is 9.06. The van der Waals surface area contributed by atoms with Crippen LogP contribution in [0, 0.1) is 0 Å². The molecule has 0 fully saturated rings. The van der Waals surface area contributed by atoms with Gasteiger partial charge < -0.3 is 10.2 Å². The van der Waals surface area contributed by atoms with Crippen molar-refractivity contribution in [1.29, 1.82) is 0 Å². The van der Waals surface area contributed by atoms with Gasteiger partial charge in [0.1, 0.15) is 0 Å². The quantitative estimate of drug-likeness (QED) is 0.592. The topological polar surface area (TPSA) is 45.2 Å². The van der Waals surface area contributed by atoms with Gasteiger partial charge in [0.05, 0.1) is 15.7 Å². The van der Waals surface area contributed by atoms with Gasteiger partial charge in [0.2, 0.25) is 0 Å². The molecule has 4 nitrogen and oxygen atoms in total. The van der Waals surface area contributed by atoms with Crippen molar-refractivity contribution in [2.75, 3.05) is 16.8 Å². The van der Waals surface area contributed by atoms with Crippen molar-refractivity contribution >= 4 is 40.5 Å². The second-order valence-electron chi connectivity index (χ2n) is 6.97. The molecule has 1 unspecified atom stereocenters. The third kappa shape index (κ3) is 3.71. The number of rotatable bonds is 4. The molecule has 142 valence electrons. The van der Waals surface area contributed by atoms with E-state index in [9.17, 15) is 4.79 Å². The van der Waals surface area contributed by atoms with E-state index in [2.05, 4.69) is 34.3 Å². The van der Waals surface area contributed by atoms with E-state index >= 15 is 0 Å². The Morgan fingerprint density at radius 1 is 1.14 bits per heavy atom. The van der Waals surface area contributed by atoms with Crippen LogP contribution in [-0.2, 0) is 6.54 Å². The number of carbonyl (C=O) groups is 1. The molecule has 1 N–H and O–H groups in total. The van der Waals surface area contributed by atoms with Crippen molar-refractivity contribution in [1.82, 2.24) is 4.98 Å². The second kappa shape index (κ2) is 7.82. The molecular weight excluding hydrogens is 393 g/mol. The van der Waals surface area contributed by atoms with Crippen molar-refractivity contribution in [2.24, 2.45) is 0 Å². The number of fused-ring (bicyclic) bond motifs is 1. The highest BCUT2D eigenvalue weighted by atomic mass is 35.5. The molecule has 0 radical (unpaired) electrons. The molecule has 4 rings (SSSR count). The molecule has 2 aromatic carbocycles. The minimum absolute atomic E-state index is 0.253. The number of anilines is 2. The highest BCUT2D eigenvalue weighted by Crippen LogP contribution is 2.38. The van der Waals surface area contributed by atoms with Gasteiger partial charge in [-0.2, -0.15) is 0 Å². The van der Waals surface area contributed by atoms with E-state index in [0.717, 1.165) is 18.8 Å². The summed E-state index contributed by atoms with van der Waals surface area (Å²) in [5.41, 5.74) is 4.53. The van der Waals surface area contributed by atoms with E-state index < -0.39 is 0 Å². The molecule has 3 aromatic rings. The Labute approximate surface area is 174 Å². The maximum Gasteiger partial charge on any atom is 0.255 e. The van der Waals surface area contributed by atoms with E-state index in [4.69, 9.17) is 23.2 Å². The second-order valence-corrected chi connectivity index (χ2v) is 7.79. The number of hydrogen-bond donors (Lipinski definition) is 1. The van der Waals surface area contributed by atoms with Crippen LogP contribution in [0.2, 0.25) is 10.0 Å². The molecule has 0 bridgehead atoms. The number of halogens is 2. The van der Waals surface area contributed by atoms with Crippen LogP contribution in [0.15, 0.2) is 60.9 Å². The van der Waals surface area contributed by atoms with Crippen LogP contribution in [0.5, 0.6) is 0 Å². The van der Waals surface area contributed by atoms with Crippen molar-refractivity contribution in [2.45, 2.75) is 19.4 Å². The predicted molar refractivity (Wildman–Crippen MR) is 115 cm³/mol. The van der Waals surface area contributed by atoms with E-state index in [0.29, 0.717) is 27.2 Å². The molecule has 1 aliphatic rings. The van der Waals surface area contributed by atoms with Crippen molar-refractivity contribution < 1.29 is 4.79 Å². The highest BCUT2D eigenvalue weighted by Gasteiger charge is 2.26. The average Bonchev–Trinajstić information content (AvgIpc) is 3.00. The number of amides is 1. The Hall–Kier alpha value is -2.56. The van der Waals surface area contributed by atoms with Crippen molar-refractivity contribution in [3.63, 3.8) is 0 Å². The summed E-state index contributed by atoms with van der Waals surface area (Å²) in [5, 5.41) is 3.41. The minimum Gasteiger partial charge on any atom is -0.366 e. The third-order valence-electron chi connectivity index (χ3n) is 4.97. The third-order valence-corrected chi connectivity index (χ3v) is 5.54. The molecule has 1 atom stereocenters. The molecule has 0 aliphatic carbocycles. The Kier molecular flexibility index (Phi) is 5.25. The maximum absolute atomic E-state index is 12.8. The lowest BCUT2D eigenvalue weighted by Gasteiger charge is -2.20. The molecule has 2 heterocycles. The molecule has 0 saturated heterocycles. The van der Waals surface area contributed by atoms with Gasteiger partial charge in [0.25, 0.3) is 5.91 Å². The van der Waals surface area contributed by atoms with Gasteiger partial charge in [0.15, 0.2) is 0 Å². The number of carbonyl (C=O) groups excluding carboxylic acids is 1. The molecular formula is C22H19Cl2N3O. The molecule has 6 heteroatoms. The Morgan fingerprint density at radius 3 is 2.57 bits per heavy atom. The van der Waals surface area contributed by atoms with Gasteiger partial charge in [-0.05, 0) is 23.3 Å². The standard InChI is InChI=1S/C22H19Cl2N3O/c1-14-12-27(13-15-5-3-2-4-6-15)20-9-16(7-8-17(14)20)22(28)26-21-18(23)10-25-11-19(21)24/h2-11,14H,12-13H2,1H3,(H,25,26,28). The maximum atomic E-state index is 12.8. The summed E-state index contributed by atoms with van der Waals surface area (Å²) in [6, 6.07) is 16.2. The lowest BCUT2D eigenvalue weighted by atomic mass is 10.0. The van der Waals surface area contributed by atoms with Crippen molar-refractivity contribution in [3.8, 4) is 0 Å². The van der Waals surface area contributed by atoms with E-state index in [-0.39, 0.29) is 5.91 Å². The summed E-state index contributed by atoms with van der Waals surface area (Å²) in [7, 11) is 0. The van der Waals surface area contributed by atoms with Gasteiger partial charge in [-0.3, -0.25) is 9.78 Å². The van der Waals surface area contributed by atoms with E-state index in [1.165, 1.54) is 23.5 Å². The number of benzene rings is 2. The first kappa shape index (κ1) is 18.8. The van der Waals surface area contributed by atoms with E-state index in [1.54, 1.807) is 0 Å². The van der Waals surface area contributed by atoms with Gasteiger partial charge in [0, 0.05) is 42.7 Å². The monoisotopic (exact) mass is 411 g/mol. The molecule has 0 spiro atoms. The summed E-state index contributed by atoms with van der Waals surface area (Å²) in [5.74, 6) is 0.164. The number of pyridine rings is 1. The van der Waals surface area contributed by atoms with Crippen LogP contribution in [0.1, 0.15) is 34.3 Å². The van der Waals surface area contributed by atoms with Crippen LogP contribution >= 0.6 is 23.2 Å². The number of nitrogens with zero attached hydrogens (tertiary/aromatic N) is 2. The Morgan fingerprint density at radius 2 is 1.86 bits per heavy atom. The highest BCUT2D eigenvalue weighted by molar-refractivity contribution is 6.39. The molecule has 1 aliphatic heterocycles. The summed E-state index contributed by atoms with van der Waals surface area (Å²) in [4.78, 5) is 19.0. The first-order valence-corrected chi connectivity index (χ1v) is 9.81. The fraction of sp³-hybridized carbons (Fsp3) is 0.182. The normalized spacial score (nSPS) is 15.4. The van der Waals surface area contributed by atoms with Crippen LogP contribution in [-0.4, -0.2) is 17.4 Å². The number of nitrogens with one attached hydrogen (secondary N) is 1. The lowest BCUT2D eigenvalue weighted by molar-refractivity contribution is 0.102. The Bertz CT molecular complexity index is 1000. The SMILES string of the molecule is CC1CN(Cc2ccccc2)c2cc(C(=O)Nc3c(Cl)cncc3Cl)ccc21. The van der Waals surface area contributed by atoms with Crippen LogP contribution < -0.4 is 10.2 Å². The summed E-state index contributed by atoms with van der Waals surface area (Å²) in [6.45, 7) is 3.95. The lowest BCUT2D eigenvalue weighted by Crippen LogP contribution is -2.21. The molecule has 0 saturated carbocycles. The smallest absolute Gasteiger partial charge is 0.255 e. The van der Waals surface area contributed by atoms with Crippen LogP contribution in [0.4, 0.5) is 11.4 Å². The number of aromatic nitrogens is 1.